The molecule has 0 aromatic carbocycles. The monoisotopic (exact) mass is 258 g/mol. The number of amides is 1. The van der Waals surface area contributed by atoms with Crippen molar-refractivity contribution in [3.05, 3.63) is 46.4 Å². The molecule has 18 heavy (non-hydrogen) atoms. The van der Waals surface area contributed by atoms with Crippen molar-refractivity contribution in [1.29, 1.82) is 0 Å². The Labute approximate surface area is 107 Å². The lowest BCUT2D eigenvalue weighted by molar-refractivity contribution is 0.102. The molecule has 0 unspecified atom stereocenters. The van der Waals surface area contributed by atoms with E-state index in [4.69, 9.17) is 0 Å². The molecule has 3 aromatic rings. The summed E-state index contributed by atoms with van der Waals surface area (Å²) < 4.78 is 1.60. The van der Waals surface area contributed by atoms with Crippen LogP contribution in [0.2, 0.25) is 0 Å². The molecule has 0 saturated heterocycles. The molecule has 1 N–H and O–H groups in total. The van der Waals surface area contributed by atoms with Gasteiger partial charge in [0.2, 0.25) is 0 Å². The normalized spacial score (nSPS) is 10.7. The average Bonchev–Trinajstić information content (AvgIpc) is 2.97. The molecule has 0 aliphatic rings. The molecule has 3 rings (SSSR count). The second-order valence-electron chi connectivity index (χ2n) is 3.82. The first-order valence-corrected chi connectivity index (χ1v) is 6.28. The van der Waals surface area contributed by atoms with Crippen molar-refractivity contribution < 1.29 is 4.79 Å². The van der Waals surface area contributed by atoms with Crippen LogP contribution < -0.4 is 5.32 Å². The van der Waals surface area contributed by atoms with Gasteiger partial charge in [-0.2, -0.15) is 9.61 Å². The van der Waals surface area contributed by atoms with Gasteiger partial charge in [-0.1, -0.05) is 0 Å². The van der Waals surface area contributed by atoms with Gasteiger partial charge in [-0.15, -0.1) is 11.3 Å². The van der Waals surface area contributed by atoms with E-state index in [1.807, 2.05) is 18.4 Å². The minimum absolute atomic E-state index is 0.120. The van der Waals surface area contributed by atoms with Gasteiger partial charge in [-0.3, -0.25) is 4.79 Å². The fraction of sp³-hybridized carbons (Fsp3) is 0.0833. The Morgan fingerprint density at radius 1 is 1.33 bits per heavy atom. The molecule has 5 nitrogen and oxygen atoms in total. The average molecular weight is 258 g/mol. The number of aromatic nitrogens is 3. The van der Waals surface area contributed by atoms with Gasteiger partial charge >= 0.3 is 0 Å². The van der Waals surface area contributed by atoms with Gasteiger partial charge in [0.25, 0.3) is 5.91 Å². The predicted molar refractivity (Wildman–Crippen MR) is 70.0 cm³/mol. The lowest BCUT2D eigenvalue weighted by Crippen LogP contribution is -2.14. The van der Waals surface area contributed by atoms with Crippen LogP contribution in [-0.4, -0.2) is 20.5 Å². The highest BCUT2D eigenvalue weighted by atomic mass is 32.1. The molecule has 0 bridgehead atoms. The lowest BCUT2D eigenvalue weighted by Gasteiger charge is -2.06. The highest BCUT2D eigenvalue weighted by Gasteiger charge is 2.12. The fourth-order valence-corrected chi connectivity index (χ4v) is 2.53. The smallest absolute Gasteiger partial charge is 0.267 e. The van der Waals surface area contributed by atoms with Crippen molar-refractivity contribution in [3.63, 3.8) is 0 Å². The molecule has 0 aliphatic carbocycles. The number of carbonyl (C=O) groups is 1. The summed E-state index contributed by atoms with van der Waals surface area (Å²) in [5, 5.41) is 8.87. The summed E-state index contributed by atoms with van der Waals surface area (Å²) in [5.74, 6) is 0.494. The minimum Gasteiger partial charge on any atom is -0.306 e. The van der Waals surface area contributed by atoms with Crippen LogP contribution in [0.1, 0.15) is 15.2 Å². The zero-order valence-corrected chi connectivity index (χ0v) is 10.4. The number of rotatable bonds is 2. The summed E-state index contributed by atoms with van der Waals surface area (Å²) in [4.78, 5) is 17.0. The molecule has 6 heteroatoms. The van der Waals surface area contributed by atoms with E-state index in [0.717, 1.165) is 5.56 Å². The quantitative estimate of drug-likeness (QED) is 0.767. The van der Waals surface area contributed by atoms with Crippen LogP contribution >= 0.6 is 11.3 Å². The third kappa shape index (κ3) is 1.76. The van der Waals surface area contributed by atoms with E-state index in [-0.39, 0.29) is 5.91 Å². The Balaban J connectivity index is 1.95. The number of hydrogen-bond donors (Lipinski definition) is 1. The van der Waals surface area contributed by atoms with E-state index < -0.39 is 0 Å². The molecule has 0 fully saturated rings. The summed E-state index contributed by atoms with van der Waals surface area (Å²) in [6, 6.07) is 5.43. The van der Waals surface area contributed by atoms with Gasteiger partial charge in [0.15, 0.2) is 5.65 Å². The van der Waals surface area contributed by atoms with Crippen LogP contribution in [0.5, 0.6) is 0 Å². The molecule has 0 atom stereocenters. The molecular formula is C12H10N4OS. The second kappa shape index (κ2) is 4.23. The highest BCUT2D eigenvalue weighted by Crippen LogP contribution is 2.17. The highest BCUT2D eigenvalue weighted by molar-refractivity contribution is 7.12. The number of nitrogens with zero attached hydrogens (tertiary/aromatic N) is 3. The van der Waals surface area contributed by atoms with Gasteiger partial charge in [0.1, 0.15) is 5.82 Å². The Morgan fingerprint density at radius 2 is 2.22 bits per heavy atom. The predicted octanol–water partition coefficient (Wildman–Crippen LogP) is 2.35. The molecule has 0 radical (unpaired) electrons. The lowest BCUT2D eigenvalue weighted by atomic mass is 10.3. The summed E-state index contributed by atoms with van der Waals surface area (Å²) in [5.41, 5.74) is 1.68. The maximum absolute atomic E-state index is 12.1. The van der Waals surface area contributed by atoms with Crippen molar-refractivity contribution in [1.82, 2.24) is 14.6 Å². The van der Waals surface area contributed by atoms with E-state index in [1.165, 1.54) is 11.3 Å². The zero-order valence-electron chi connectivity index (χ0n) is 9.62. The van der Waals surface area contributed by atoms with Crippen molar-refractivity contribution in [2.45, 2.75) is 6.92 Å². The third-order valence-electron chi connectivity index (χ3n) is 2.60. The molecule has 0 saturated carbocycles. The Hall–Kier alpha value is -2.21. The van der Waals surface area contributed by atoms with E-state index in [9.17, 15) is 4.79 Å². The number of fused-ring (bicyclic) bond motifs is 1. The van der Waals surface area contributed by atoms with Crippen molar-refractivity contribution >= 4 is 28.7 Å². The maximum Gasteiger partial charge on any atom is 0.267 e. The molecule has 90 valence electrons. The number of carbonyl (C=O) groups excluding carboxylic acids is 1. The SMILES string of the molecule is Cc1ccsc1C(=O)Nc1ccnc2ccnn12. The molecule has 0 aliphatic heterocycles. The zero-order chi connectivity index (χ0) is 12.5. The minimum atomic E-state index is -0.120. The summed E-state index contributed by atoms with van der Waals surface area (Å²) in [6.45, 7) is 1.92. The number of thiophene rings is 1. The van der Waals surface area contributed by atoms with Gasteiger partial charge < -0.3 is 5.32 Å². The summed E-state index contributed by atoms with van der Waals surface area (Å²) >= 11 is 1.43. The first-order chi connectivity index (χ1) is 8.75. The first-order valence-electron chi connectivity index (χ1n) is 5.40. The Kier molecular flexibility index (Phi) is 2.56. The van der Waals surface area contributed by atoms with E-state index in [0.29, 0.717) is 16.3 Å². The first kappa shape index (κ1) is 10.9. The standard InChI is InChI=1S/C12H10N4OS/c1-8-4-7-18-11(8)12(17)15-10-2-5-13-9-3-6-14-16(9)10/h2-7H,1H3,(H,15,17). The van der Waals surface area contributed by atoms with E-state index >= 15 is 0 Å². The number of aryl methyl sites for hydroxylation is 1. The fourth-order valence-electron chi connectivity index (χ4n) is 1.71. The van der Waals surface area contributed by atoms with Crippen molar-refractivity contribution in [3.8, 4) is 0 Å². The van der Waals surface area contributed by atoms with Crippen LogP contribution in [-0.2, 0) is 0 Å². The van der Waals surface area contributed by atoms with Crippen molar-refractivity contribution in [2.24, 2.45) is 0 Å². The van der Waals surface area contributed by atoms with E-state index in [2.05, 4.69) is 15.4 Å². The van der Waals surface area contributed by atoms with Crippen LogP contribution in [0.25, 0.3) is 5.65 Å². The summed E-state index contributed by atoms with van der Waals surface area (Å²) in [7, 11) is 0. The van der Waals surface area contributed by atoms with Crippen LogP contribution in [0, 0.1) is 6.92 Å². The van der Waals surface area contributed by atoms with Gasteiger partial charge in [-0.25, -0.2) is 4.98 Å². The topological polar surface area (TPSA) is 59.3 Å². The van der Waals surface area contributed by atoms with Crippen LogP contribution in [0.3, 0.4) is 0 Å². The Morgan fingerprint density at radius 3 is 3.00 bits per heavy atom. The number of nitrogens with one attached hydrogen (secondary N) is 1. The van der Waals surface area contributed by atoms with Gasteiger partial charge in [-0.05, 0) is 30.0 Å². The molecular weight excluding hydrogens is 248 g/mol. The second-order valence-corrected chi connectivity index (χ2v) is 4.73. The van der Waals surface area contributed by atoms with Crippen LogP contribution in [0.4, 0.5) is 5.82 Å². The molecule has 3 aromatic heterocycles. The molecule has 1 amide bonds. The number of anilines is 1. The number of hydrogen-bond acceptors (Lipinski definition) is 4. The summed E-state index contributed by atoms with van der Waals surface area (Å²) in [6.07, 6.45) is 3.29. The largest absolute Gasteiger partial charge is 0.306 e. The molecule has 3 heterocycles. The maximum atomic E-state index is 12.1. The van der Waals surface area contributed by atoms with Crippen molar-refractivity contribution in [2.75, 3.05) is 5.32 Å². The van der Waals surface area contributed by atoms with Crippen LogP contribution in [0.15, 0.2) is 36.0 Å². The van der Waals surface area contributed by atoms with Gasteiger partial charge in [0, 0.05) is 12.3 Å². The van der Waals surface area contributed by atoms with E-state index in [1.54, 1.807) is 29.0 Å². The Bertz CT molecular complexity index is 716. The molecule has 0 spiro atoms. The third-order valence-corrected chi connectivity index (χ3v) is 3.62. The van der Waals surface area contributed by atoms with Gasteiger partial charge in [0.05, 0.1) is 11.1 Å².